The molecule has 1 fully saturated rings. The molecule has 0 bridgehead atoms. The molecule has 1 heteroatoms. The van der Waals surface area contributed by atoms with Gasteiger partial charge in [0.2, 0.25) is 0 Å². The van der Waals surface area contributed by atoms with Crippen molar-refractivity contribution in [3.05, 3.63) is 12.2 Å². The second-order valence-corrected chi connectivity index (χ2v) is 5.77. The molecule has 0 heterocycles. The van der Waals surface area contributed by atoms with Crippen LogP contribution in [-0.2, 0) is 0 Å². The van der Waals surface area contributed by atoms with E-state index in [-0.39, 0.29) is 0 Å². The maximum absolute atomic E-state index is 3.83. The third-order valence-electron chi connectivity index (χ3n) is 4.80. The summed E-state index contributed by atoms with van der Waals surface area (Å²) in [6.45, 7) is 6.03. The summed E-state index contributed by atoms with van der Waals surface area (Å²) in [7, 11) is 0. The van der Waals surface area contributed by atoms with Crippen molar-refractivity contribution >= 4 is 0 Å². The fourth-order valence-electron chi connectivity index (χ4n) is 3.47. The highest BCUT2D eigenvalue weighted by Gasteiger charge is 2.31. The van der Waals surface area contributed by atoms with E-state index < -0.39 is 0 Å². The lowest BCUT2D eigenvalue weighted by Gasteiger charge is -2.25. The van der Waals surface area contributed by atoms with Crippen LogP contribution in [0, 0.1) is 17.8 Å². The van der Waals surface area contributed by atoms with Crippen molar-refractivity contribution < 1.29 is 0 Å². The molecule has 0 amide bonds. The average Bonchev–Trinajstić information content (AvgIpc) is 2.69. The molecule has 2 aliphatic rings. The van der Waals surface area contributed by atoms with Crippen LogP contribution in [0.1, 0.15) is 52.4 Å². The average molecular weight is 221 g/mol. The Hall–Kier alpha value is -0.300. The third kappa shape index (κ3) is 2.88. The molecular formula is C15H27N. The van der Waals surface area contributed by atoms with Crippen LogP contribution in [0.5, 0.6) is 0 Å². The summed E-state index contributed by atoms with van der Waals surface area (Å²) in [5, 5.41) is 3.83. The highest BCUT2D eigenvalue weighted by Crippen LogP contribution is 2.34. The van der Waals surface area contributed by atoms with E-state index >= 15 is 0 Å². The Kier molecular flexibility index (Phi) is 4.45. The third-order valence-corrected chi connectivity index (χ3v) is 4.80. The van der Waals surface area contributed by atoms with Crippen LogP contribution in [0.25, 0.3) is 0 Å². The summed E-state index contributed by atoms with van der Waals surface area (Å²) in [6.07, 6.45) is 12.9. The Balaban J connectivity index is 1.72. The van der Waals surface area contributed by atoms with Crippen molar-refractivity contribution in [3.63, 3.8) is 0 Å². The van der Waals surface area contributed by atoms with Crippen LogP contribution < -0.4 is 5.32 Å². The van der Waals surface area contributed by atoms with E-state index in [0.29, 0.717) is 0 Å². The molecule has 2 aliphatic carbocycles. The van der Waals surface area contributed by atoms with Crippen LogP contribution in [0.3, 0.4) is 0 Å². The monoisotopic (exact) mass is 221 g/mol. The second kappa shape index (κ2) is 5.86. The number of rotatable bonds is 4. The summed E-state index contributed by atoms with van der Waals surface area (Å²) in [6, 6.07) is 0.802. The van der Waals surface area contributed by atoms with Gasteiger partial charge < -0.3 is 5.32 Å². The molecule has 2 rings (SSSR count). The zero-order valence-electron chi connectivity index (χ0n) is 10.9. The van der Waals surface area contributed by atoms with Crippen molar-refractivity contribution in [3.8, 4) is 0 Å². The normalized spacial score (nSPS) is 39.1. The molecular weight excluding hydrogens is 194 g/mol. The molecule has 0 aliphatic heterocycles. The van der Waals surface area contributed by atoms with E-state index in [0.717, 1.165) is 23.8 Å². The van der Waals surface area contributed by atoms with Gasteiger partial charge in [-0.2, -0.15) is 0 Å². The molecule has 0 saturated heterocycles. The predicted molar refractivity (Wildman–Crippen MR) is 70.5 cm³/mol. The Labute approximate surface area is 101 Å². The van der Waals surface area contributed by atoms with Crippen molar-refractivity contribution in [2.24, 2.45) is 17.8 Å². The minimum Gasteiger partial charge on any atom is -0.313 e. The molecule has 4 atom stereocenters. The molecule has 1 saturated carbocycles. The lowest BCUT2D eigenvalue weighted by molar-refractivity contribution is 0.322. The Morgan fingerprint density at radius 3 is 2.69 bits per heavy atom. The minimum absolute atomic E-state index is 0.802. The lowest BCUT2D eigenvalue weighted by Crippen LogP contribution is -2.36. The second-order valence-electron chi connectivity index (χ2n) is 5.77. The van der Waals surface area contributed by atoms with Gasteiger partial charge in [0.05, 0.1) is 0 Å². The van der Waals surface area contributed by atoms with Crippen LogP contribution >= 0.6 is 0 Å². The van der Waals surface area contributed by atoms with Gasteiger partial charge in [-0.15, -0.1) is 0 Å². The minimum atomic E-state index is 0.802. The van der Waals surface area contributed by atoms with Gasteiger partial charge in [-0.05, 0) is 56.4 Å². The fourth-order valence-corrected chi connectivity index (χ4v) is 3.47. The highest BCUT2D eigenvalue weighted by molar-refractivity contribution is 4.92. The first kappa shape index (κ1) is 12.2. The van der Waals surface area contributed by atoms with Gasteiger partial charge in [0.25, 0.3) is 0 Å². The van der Waals surface area contributed by atoms with E-state index in [9.17, 15) is 0 Å². The Bertz CT molecular complexity index is 234. The van der Waals surface area contributed by atoms with Gasteiger partial charge in [-0.3, -0.25) is 0 Å². The van der Waals surface area contributed by atoms with Crippen LogP contribution in [0.15, 0.2) is 12.2 Å². The number of hydrogen-bond acceptors (Lipinski definition) is 1. The van der Waals surface area contributed by atoms with Gasteiger partial charge in [0.15, 0.2) is 0 Å². The smallest absolute Gasteiger partial charge is 0.00955 e. The summed E-state index contributed by atoms with van der Waals surface area (Å²) < 4.78 is 0. The quantitative estimate of drug-likeness (QED) is 0.713. The standard InChI is InChI=1S/C15H27N/c1-3-14-9-10-15(12(14)2)16-11-13-7-5-4-6-8-13/h4-5,12-16H,3,6-11H2,1-2H3. The highest BCUT2D eigenvalue weighted by atomic mass is 14.9. The van der Waals surface area contributed by atoms with Gasteiger partial charge in [-0.1, -0.05) is 32.4 Å². The molecule has 1 N–H and O–H groups in total. The summed E-state index contributed by atoms with van der Waals surface area (Å²) in [5.74, 6) is 2.77. The lowest BCUT2D eigenvalue weighted by atomic mass is 9.92. The molecule has 0 radical (unpaired) electrons. The molecule has 1 nitrogen and oxygen atoms in total. The molecule has 4 unspecified atom stereocenters. The molecule has 92 valence electrons. The first-order valence-electron chi connectivity index (χ1n) is 7.19. The molecule has 0 aromatic heterocycles. The predicted octanol–water partition coefficient (Wildman–Crippen LogP) is 3.76. The van der Waals surface area contributed by atoms with Gasteiger partial charge in [0.1, 0.15) is 0 Å². The van der Waals surface area contributed by atoms with Crippen molar-refractivity contribution in [1.29, 1.82) is 0 Å². The summed E-state index contributed by atoms with van der Waals surface area (Å²) >= 11 is 0. The van der Waals surface area contributed by atoms with Crippen LogP contribution in [0.2, 0.25) is 0 Å². The molecule has 16 heavy (non-hydrogen) atoms. The van der Waals surface area contributed by atoms with Crippen molar-refractivity contribution in [2.75, 3.05) is 6.54 Å². The van der Waals surface area contributed by atoms with E-state index in [4.69, 9.17) is 0 Å². The molecule has 0 spiro atoms. The number of hydrogen-bond donors (Lipinski definition) is 1. The van der Waals surface area contributed by atoms with Crippen molar-refractivity contribution in [1.82, 2.24) is 5.32 Å². The summed E-state index contributed by atoms with van der Waals surface area (Å²) in [5.41, 5.74) is 0. The summed E-state index contributed by atoms with van der Waals surface area (Å²) in [4.78, 5) is 0. The largest absolute Gasteiger partial charge is 0.313 e. The van der Waals surface area contributed by atoms with Crippen molar-refractivity contribution in [2.45, 2.75) is 58.4 Å². The number of allylic oxidation sites excluding steroid dienone is 2. The van der Waals surface area contributed by atoms with E-state index in [2.05, 4.69) is 31.3 Å². The fraction of sp³-hybridized carbons (Fsp3) is 0.867. The molecule has 0 aromatic rings. The van der Waals surface area contributed by atoms with Gasteiger partial charge >= 0.3 is 0 Å². The first-order chi connectivity index (χ1) is 7.81. The van der Waals surface area contributed by atoms with E-state index in [1.54, 1.807) is 0 Å². The topological polar surface area (TPSA) is 12.0 Å². The van der Waals surface area contributed by atoms with Gasteiger partial charge in [0, 0.05) is 6.04 Å². The Morgan fingerprint density at radius 2 is 2.06 bits per heavy atom. The maximum Gasteiger partial charge on any atom is 0.00955 e. The van der Waals surface area contributed by atoms with Gasteiger partial charge in [-0.25, -0.2) is 0 Å². The SMILES string of the molecule is CCC1CCC(NCC2CC=CCC2)C1C. The zero-order valence-corrected chi connectivity index (χ0v) is 10.9. The maximum atomic E-state index is 3.83. The molecule has 0 aromatic carbocycles. The zero-order chi connectivity index (χ0) is 11.4. The van der Waals surface area contributed by atoms with Crippen LogP contribution in [-0.4, -0.2) is 12.6 Å². The first-order valence-corrected chi connectivity index (χ1v) is 7.19. The van der Waals surface area contributed by atoms with E-state index in [1.807, 2.05) is 0 Å². The van der Waals surface area contributed by atoms with Crippen LogP contribution in [0.4, 0.5) is 0 Å². The van der Waals surface area contributed by atoms with E-state index in [1.165, 1.54) is 45.1 Å². The number of nitrogens with one attached hydrogen (secondary N) is 1. The Morgan fingerprint density at radius 1 is 1.19 bits per heavy atom.